The lowest BCUT2D eigenvalue weighted by Gasteiger charge is -2.34. The van der Waals surface area contributed by atoms with E-state index in [9.17, 15) is 19.2 Å². The van der Waals surface area contributed by atoms with Gasteiger partial charge in [0, 0.05) is 6.04 Å². The van der Waals surface area contributed by atoms with Gasteiger partial charge in [0.15, 0.2) is 0 Å². The van der Waals surface area contributed by atoms with E-state index in [1.54, 1.807) is 18.2 Å². The van der Waals surface area contributed by atoms with E-state index < -0.39 is 30.3 Å². The Labute approximate surface area is 166 Å². The summed E-state index contributed by atoms with van der Waals surface area (Å²) in [5.74, 6) is -2.41. The molecule has 0 radical (unpaired) electrons. The second kappa shape index (κ2) is 7.86. The first-order valence-electron chi connectivity index (χ1n) is 8.74. The van der Waals surface area contributed by atoms with Gasteiger partial charge in [0.1, 0.15) is 6.54 Å². The van der Waals surface area contributed by atoms with Gasteiger partial charge in [-0.1, -0.05) is 49.0 Å². The van der Waals surface area contributed by atoms with Crippen LogP contribution < -0.4 is 5.32 Å². The molecule has 7 nitrogen and oxygen atoms in total. The van der Waals surface area contributed by atoms with E-state index >= 15 is 0 Å². The molecule has 0 bridgehead atoms. The number of rotatable bonds is 4. The Bertz CT molecular complexity index is 794. The highest BCUT2D eigenvalue weighted by molar-refractivity contribution is 6.45. The summed E-state index contributed by atoms with van der Waals surface area (Å²) in [5.41, 5.74) is 0.189. The maximum atomic E-state index is 12.7. The van der Waals surface area contributed by atoms with Crippen molar-refractivity contribution in [3.05, 3.63) is 28.2 Å². The number of amides is 5. The first-order valence-corrected chi connectivity index (χ1v) is 9.49. The van der Waals surface area contributed by atoms with Gasteiger partial charge in [-0.25, -0.2) is 9.69 Å². The average molecular weight is 412 g/mol. The molecular weight excluding hydrogens is 393 g/mol. The Morgan fingerprint density at radius 3 is 2.37 bits per heavy atom. The summed E-state index contributed by atoms with van der Waals surface area (Å²) in [7, 11) is 0. The van der Waals surface area contributed by atoms with Crippen LogP contribution in [0, 0.1) is 5.92 Å². The molecule has 9 heteroatoms. The third kappa shape index (κ3) is 3.80. The Kier molecular flexibility index (Phi) is 5.72. The minimum atomic E-state index is -0.988. The Hall–Kier alpha value is -2.12. The fourth-order valence-corrected chi connectivity index (χ4v) is 4.07. The van der Waals surface area contributed by atoms with Crippen LogP contribution in [0.1, 0.15) is 32.6 Å². The van der Waals surface area contributed by atoms with Crippen molar-refractivity contribution in [1.82, 2.24) is 9.80 Å². The Morgan fingerprint density at radius 1 is 1.11 bits per heavy atom. The molecule has 1 saturated carbocycles. The van der Waals surface area contributed by atoms with Gasteiger partial charge < -0.3 is 5.32 Å². The molecule has 0 spiro atoms. The van der Waals surface area contributed by atoms with Crippen molar-refractivity contribution in [3.63, 3.8) is 0 Å². The lowest BCUT2D eigenvalue weighted by atomic mass is 9.85. The normalized spacial score (nSPS) is 23.1. The van der Waals surface area contributed by atoms with E-state index in [1.165, 1.54) is 0 Å². The van der Waals surface area contributed by atoms with Crippen LogP contribution >= 0.6 is 23.2 Å². The summed E-state index contributed by atoms with van der Waals surface area (Å²) in [6.45, 7) is 1.38. The molecule has 1 aromatic carbocycles. The molecule has 2 fully saturated rings. The van der Waals surface area contributed by atoms with Crippen LogP contribution in [-0.4, -0.2) is 46.1 Å². The first-order chi connectivity index (χ1) is 12.8. The zero-order chi connectivity index (χ0) is 19.7. The number of carbonyl (C=O) groups excluding carboxylic acids is 4. The fourth-order valence-electron chi connectivity index (χ4n) is 3.57. The summed E-state index contributed by atoms with van der Waals surface area (Å²) >= 11 is 12.0. The Morgan fingerprint density at radius 2 is 1.74 bits per heavy atom. The summed E-state index contributed by atoms with van der Waals surface area (Å²) < 4.78 is 0. The molecule has 1 aromatic rings. The monoisotopic (exact) mass is 411 g/mol. The van der Waals surface area contributed by atoms with Gasteiger partial charge in [-0.3, -0.25) is 19.3 Å². The number of nitrogens with one attached hydrogen (secondary N) is 1. The molecule has 27 heavy (non-hydrogen) atoms. The minimum absolute atomic E-state index is 0.121. The number of carbonyl (C=O) groups is 4. The predicted molar refractivity (Wildman–Crippen MR) is 100 cm³/mol. The molecule has 5 amide bonds. The highest BCUT2D eigenvalue weighted by Crippen LogP contribution is 2.32. The van der Waals surface area contributed by atoms with Gasteiger partial charge in [0.2, 0.25) is 5.91 Å². The quantitative estimate of drug-likeness (QED) is 0.607. The zero-order valence-corrected chi connectivity index (χ0v) is 16.2. The van der Waals surface area contributed by atoms with Crippen LogP contribution in [0.2, 0.25) is 10.0 Å². The third-order valence-corrected chi connectivity index (χ3v) is 5.64. The average Bonchev–Trinajstić information content (AvgIpc) is 2.83. The van der Waals surface area contributed by atoms with Gasteiger partial charge in [-0.05, 0) is 30.9 Å². The molecular formula is C18H19Cl2N3O4. The zero-order valence-electron chi connectivity index (χ0n) is 14.7. The van der Waals surface area contributed by atoms with Gasteiger partial charge in [0.05, 0.1) is 15.7 Å². The summed E-state index contributed by atoms with van der Waals surface area (Å²) in [6, 6.07) is 3.66. The lowest BCUT2D eigenvalue weighted by molar-refractivity contribution is -0.145. The number of anilines is 1. The van der Waals surface area contributed by atoms with Crippen LogP contribution in [0.25, 0.3) is 0 Å². The smallest absolute Gasteiger partial charge is 0.322 e. The van der Waals surface area contributed by atoms with Crippen molar-refractivity contribution in [2.24, 2.45) is 5.92 Å². The van der Waals surface area contributed by atoms with Crippen molar-refractivity contribution in [2.75, 3.05) is 11.9 Å². The molecule has 1 aliphatic heterocycles. The van der Waals surface area contributed by atoms with Crippen LogP contribution in [0.3, 0.4) is 0 Å². The minimum Gasteiger partial charge on any atom is -0.322 e. The molecule has 2 atom stereocenters. The van der Waals surface area contributed by atoms with Crippen molar-refractivity contribution in [1.29, 1.82) is 0 Å². The van der Waals surface area contributed by atoms with Gasteiger partial charge in [-0.15, -0.1) is 0 Å². The topological polar surface area (TPSA) is 86.8 Å². The summed E-state index contributed by atoms with van der Waals surface area (Å²) in [5, 5.41) is 2.94. The van der Waals surface area contributed by atoms with E-state index in [2.05, 4.69) is 5.32 Å². The Balaban J connectivity index is 1.73. The molecule has 1 saturated heterocycles. The highest BCUT2D eigenvalue weighted by atomic mass is 35.5. The fraction of sp³-hybridized carbons (Fsp3) is 0.444. The van der Waals surface area contributed by atoms with E-state index in [1.807, 2.05) is 6.92 Å². The highest BCUT2D eigenvalue weighted by Gasteiger charge is 2.49. The van der Waals surface area contributed by atoms with Gasteiger partial charge in [-0.2, -0.15) is 0 Å². The molecule has 0 aromatic heterocycles. The van der Waals surface area contributed by atoms with E-state index in [0.717, 1.165) is 24.2 Å². The number of hydrogen-bond acceptors (Lipinski definition) is 4. The molecule has 144 valence electrons. The van der Waals surface area contributed by atoms with Gasteiger partial charge in [0.25, 0.3) is 0 Å². The first kappa shape index (κ1) is 19.6. The third-order valence-electron chi connectivity index (χ3n) is 5.01. The maximum Gasteiger partial charge on any atom is 0.334 e. The van der Waals surface area contributed by atoms with Crippen LogP contribution in [0.15, 0.2) is 18.2 Å². The second-order valence-electron chi connectivity index (χ2n) is 6.82. The van der Waals surface area contributed by atoms with Crippen molar-refractivity contribution in [2.45, 2.75) is 38.6 Å². The van der Waals surface area contributed by atoms with E-state index in [0.29, 0.717) is 11.3 Å². The largest absolute Gasteiger partial charge is 0.334 e. The summed E-state index contributed by atoms with van der Waals surface area (Å²) in [4.78, 5) is 51.3. The number of para-hydroxylation sites is 1. The number of nitrogens with zero attached hydrogens (tertiary/aromatic N) is 2. The molecule has 3 rings (SSSR count). The van der Waals surface area contributed by atoms with Crippen molar-refractivity contribution in [3.8, 4) is 0 Å². The maximum absolute atomic E-state index is 12.7. The van der Waals surface area contributed by atoms with Crippen molar-refractivity contribution < 1.29 is 19.2 Å². The second-order valence-corrected chi connectivity index (χ2v) is 7.64. The van der Waals surface area contributed by atoms with Gasteiger partial charge >= 0.3 is 17.8 Å². The summed E-state index contributed by atoms with van der Waals surface area (Å²) in [6.07, 6.45) is 3.49. The standard InChI is InChI=1S/C18H19Cl2N3O4/c1-10-5-2-3-8-13(10)23-17(26)16(25)22(18(23)27)9-14(24)21-15-11(19)6-4-7-12(15)20/h4,6-7,10,13H,2-3,5,8-9H2,1H3,(H,21,24)/t10-,13-/m0/s1. The molecule has 1 aliphatic carbocycles. The number of hydrogen-bond donors (Lipinski definition) is 1. The van der Waals surface area contributed by atoms with Crippen LogP contribution in [-0.2, 0) is 14.4 Å². The number of urea groups is 1. The predicted octanol–water partition coefficient (Wildman–Crippen LogP) is 3.30. The molecule has 2 aliphatic rings. The van der Waals surface area contributed by atoms with Crippen molar-refractivity contribution >= 4 is 52.6 Å². The van der Waals surface area contributed by atoms with Crippen LogP contribution in [0.4, 0.5) is 10.5 Å². The van der Waals surface area contributed by atoms with Crippen LogP contribution in [0.5, 0.6) is 0 Å². The van der Waals surface area contributed by atoms with E-state index in [-0.39, 0.29) is 27.7 Å². The number of imide groups is 2. The SMILES string of the molecule is C[C@H]1CCCC[C@@H]1N1C(=O)C(=O)N(CC(=O)Nc2c(Cl)cccc2Cl)C1=O. The number of halogens is 2. The molecule has 0 unspecified atom stereocenters. The van der Waals surface area contributed by atoms with E-state index in [4.69, 9.17) is 23.2 Å². The molecule has 1 N–H and O–H groups in total. The lowest BCUT2D eigenvalue weighted by Crippen LogP contribution is -2.46. The number of benzene rings is 1. The molecule has 1 heterocycles.